The van der Waals surface area contributed by atoms with Gasteiger partial charge in [0.05, 0.1) is 13.7 Å². The molecule has 3 atom stereocenters. The first-order valence-corrected chi connectivity index (χ1v) is 12.5. The van der Waals surface area contributed by atoms with E-state index in [0.717, 1.165) is 5.56 Å². The number of amides is 1. The number of methoxy groups -OCH3 is 1. The van der Waals surface area contributed by atoms with E-state index in [9.17, 15) is 14.7 Å². The van der Waals surface area contributed by atoms with Gasteiger partial charge in [-0.1, -0.05) is 12.1 Å². The maximum absolute atomic E-state index is 12.9. The highest BCUT2D eigenvalue weighted by atomic mass is 16.6. The molecule has 5 rings (SSSR count). The molecule has 0 saturated carbocycles. The summed E-state index contributed by atoms with van der Waals surface area (Å²) in [6.07, 6.45) is -1.88. The standard InChI is InChI=1S/C27H32N2O8/c1-17-26(31)20-12-23(33-2)24(11-18(20)14-34-17)35-15-19(30)13-28-7-9-29(10-8-28)27(32)25-16-36-21-5-3-4-6-22(21)37-25/h3-6,11-12,17,19,25,30H,7-10,13-16H2,1-2H3. The zero-order chi connectivity index (χ0) is 25.9. The molecule has 1 N–H and O–H groups in total. The summed E-state index contributed by atoms with van der Waals surface area (Å²) in [5.74, 6) is 1.95. The highest BCUT2D eigenvalue weighted by molar-refractivity contribution is 6.01. The van der Waals surface area contributed by atoms with Gasteiger partial charge in [0.1, 0.15) is 25.4 Å². The lowest BCUT2D eigenvalue weighted by molar-refractivity contribution is -0.143. The van der Waals surface area contributed by atoms with Crippen LogP contribution >= 0.6 is 0 Å². The summed E-state index contributed by atoms with van der Waals surface area (Å²) >= 11 is 0. The quantitative estimate of drug-likeness (QED) is 0.591. The van der Waals surface area contributed by atoms with E-state index < -0.39 is 18.3 Å². The average molecular weight is 513 g/mol. The Morgan fingerprint density at radius 3 is 2.65 bits per heavy atom. The van der Waals surface area contributed by atoms with Crippen molar-refractivity contribution < 1.29 is 38.4 Å². The van der Waals surface area contributed by atoms with Gasteiger partial charge in [0.25, 0.3) is 5.91 Å². The predicted molar refractivity (Wildman–Crippen MR) is 132 cm³/mol. The normalized spacial score (nSPS) is 22.2. The molecule has 37 heavy (non-hydrogen) atoms. The third kappa shape index (κ3) is 5.51. The molecular weight excluding hydrogens is 480 g/mol. The van der Waals surface area contributed by atoms with Crippen LogP contribution in [0.2, 0.25) is 0 Å². The van der Waals surface area contributed by atoms with Crippen LogP contribution in [-0.4, -0.2) is 98.0 Å². The smallest absolute Gasteiger partial charge is 0.267 e. The van der Waals surface area contributed by atoms with Crippen molar-refractivity contribution in [3.8, 4) is 23.0 Å². The number of ketones is 1. The van der Waals surface area contributed by atoms with E-state index in [1.807, 2.05) is 18.2 Å². The molecule has 3 aliphatic rings. The van der Waals surface area contributed by atoms with Gasteiger partial charge in [-0.25, -0.2) is 0 Å². The van der Waals surface area contributed by atoms with E-state index in [4.69, 9.17) is 23.7 Å². The monoisotopic (exact) mass is 512 g/mol. The fourth-order valence-electron chi connectivity index (χ4n) is 4.77. The number of ether oxygens (including phenoxy) is 5. The van der Waals surface area contributed by atoms with Crippen molar-refractivity contribution in [1.82, 2.24) is 9.80 Å². The Bertz CT molecular complexity index is 1150. The molecule has 0 bridgehead atoms. The number of β-amino-alcohol motifs (C(OH)–C–C–N with tert-alkyl or cyclic N) is 1. The van der Waals surface area contributed by atoms with E-state index >= 15 is 0 Å². The van der Waals surface area contributed by atoms with E-state index in [1.165, 1.54) is 7.11 Å². The Kier molecular flexibility index (Phi) is 7.50. The first-order chi connectivity index (χ1) is 17.9. The van der Waals surface area contributed by atoms with Gasteiger partial charge < -0.3 is 33.7 Å². The second kappa shape index (κ2) is 11.0. The number of aliphatic hydroxyl groups excluding tert-OH is 1. The number of hydrogen-bond acceptors (Lipinski definition) is 9. The molecule has 198 valence electrons. The van der Waals surface area contributed by atoms with Crippen LogP contribution in [0, 0.1) is 0 Å². The number of carbonyl (C=O) groups excluding carboxylic acids is 2. The summed E-state index contributed by atoms with van der Waals surface area (Å²) in [4.78, 5) is 29.2. The van der Waals surface area contributed by atoms with Crippen molar-refractivity contribution in [2.24, 2.45) is 0 Å². The second-order valence-electron chi connectivity index (χ2n) is 9.43. The Morgan fingerprint density at radius 1 is 1.14 bits per heavy atom. The number of fused-ring (bicyclic) bond motifs is 2. The highest BCUT2D eigenvalue weighted by Gasteiger charge is 2.33. The fourth-order valence-corrected chi connectivity index (χ4v) is 4.77. The summed E-state index contributed by atoms with van der Waals surface area (Å²) in [5.41, 5.74) is 1.32. The Morgan fingerprint density at radius 2 is 1.89 bits per heavy atom. The number of Topliss-reactive ketones (excluding diaryl/α,β-unsaturated/α-hetero) is 1. The molecule has 10 nitrogen and oxygen atoms in total. The number of carbonyl (C=O) groups is 2. The number of rotatable bonds is 7. The number of hydrogen-bond donors (Lipinski definition) is 1. The zero-order valence-corrected chi connectivity index (χ0v) is 21.1. The van der Waals surface area contributed by atoms with Crippen molar-refractivity contribution in [3.63, 3.8) is 0 Å². The Balaban J connectivity index is 1.10. The van der Waals surface area contributed by atoms with Crippen molar-refractivity contribution in [2.75, 3.05) is 53.0 Å². The first-order valence-electron chi connectivity index (χ1n) is 12.5. The summed E-state index contributed by atoms with van der Waals surface area (Å²) in [6.45, 7) is 5.05. The molecule has 1 saturated heterocycles. The third-order valence-electron chi connectivity index (χ3n) is 6.88. The molecule has 3 heterocycles. The number of aliphatic hydroxyl groups is 1. The number of nitrogens with zero attached hydrogens (tertiary/aromatic N) is 2. The third-order valence-corrected chi connectivity index (χ3v) is 6.88. The molecule has 1 amide bonds. The van der Waals surface area contributed by atoms with Crippen LogP contribution in [0.3, 0.4) is 0 Å². The molecular formula is C27H32N2O8. The van der Waals surface area contributed by atoms with Gasteiger partial charge in [-0.15, -0.1) is 0 Å². The Hall–Kier alpha value is -3.34. The molecule has 2 aromatic carbocycles. The lowest BCUT2D eigenvalue weighted by Gasteiger charge is -2.37. The van der Waals surface area contributed by atoms with Gasteiger partial charge in [0, 0.05) is 38.3 Å². The molecule has 3 unspecified atom stereocenters. The van der Waals surface area contributed by atoms with Crippen LogP contribution in [0.5, 0.6) is 23.0 Å². The van der Waals surface area contributed by atoms with Crippen LogP contribution in [0.15, 0.2) is 36.4 Å². The summed E-state index contributed by atoms with van der Waals surface area (Å²) in [5, 5.41) is 10.6. The van der Waals surface area contributed by atoms with Gasteiger partial charge in [-0.05, 0) is 36.8 Å². The summed E-state index contributed by atoms with van der Waals surface area (Å²) < 4.78 is 28.3. The van der Waals surface area contributed by atoms with Crippen LogP contribution in [-0.2, 0) is 16.1 Å². The lowest BCUT2D eigenvalue weighted by Crippen LogP contribution is -2.55. The highest BCUT2D eigenvalue weighted by Crippen LogP contribution is 2.34. The number of benzene rings is 2. The number of para-hydroxylation sites is 2. The van der Waals surface area contributed by atoms with Gasteiger partial charge in [-0.2, -0.15) is 0 Å². The minimum atomic E-state index is -0.743. The molecule has 10 heteroatoms. The van der Waals surface area contributed by atoms with Crippen LogP contribution in [0.4, 0.5) is 0 Å². The van der Waals surface area contributed by atoms with Crippen molar-refractivity contribution in [1.29, 1.82) is 0 Å². The SMILES string of the molecule is COc1cc2c(cc1OCC(O)CN1CCN(C(=O)C3COc4ccccc4O3)CC1)COC(C)C2=O. The van der Waals surface area contributed by atoms with Crippen LogP contribution in [0.1, 0.15) is 22.8 Å². The summed E-state index contributed by atoms with van der Waals surface area (Å²) in [7, 11) is 1.52. The second-order valence-corrected chi connectivity index (χ2v) is 9.43. The topological polar surface area (TPSA) is 107 Å². The van der Waals surface area contributed by atoms with E-state index in [2.05, 4.69) is 4.90 Å². The van der Waals surface area contributed by atoms with Crippen LogP contribution < -0.4 is 18.9 Å². The van der Waals surface area contributed by atoms with E-state index in [-0.39, 0.29) is 24.9 Å². The Labute approximate surface area is 215 Å². The van der Waals surface area contributed by atoms with Gasteiger partial charge >= 0.3 is 0 Å². The van der Waals surface area contributed by atoms with Gasteiger partial charge in [-0.3, -0.25) is 14.5 Å². The van der Waals surface area contributed by atoms with E-state index in [0.29, 0.717) is 67.9 Å². The molecule has 0 spiro atoms. The first kappa shape index (κ1) is 25.3. The fraction of sp³-hybridized carbons (Fsp3) is 0.481. The van der Waals surface area contributed by atoms with E-state index in [1.54, 1.807) is 30.0 Å². The molecule has 1 fully saturated rings. The molecule has 0 radical (unpaired) electrons. The molecule has 0 aliphatic carbocycles. The predicted octanol–water partition coefficient (Wildman–Crippen LogP) is 1.52. The van der Waals surface area contributed by atoms with Gasteiger partial charge in [0.2, 0.25) is 6.10 Å². The maximum Gasteiger partial charge on any atom is 0.267 e. The van der Waals surface area contributed by atoms with Crippen molar-refractivity contribution >= 4 is 11.7 Å². The number of piperazine rings is 1. The van der Waals surface area contributed by atoms with Crippen molar-refractivity contribution in [2.45, 2.75) is 31.8 Å². The molecule has 0 aromatic heterocycles. The molecule has 3 aliphatic heterocycles. The zero-order valence-electron chi connectivity index (χ0n) is 21.1. The molecule has 2 aromatic rings. The summed E-state index contributed by atoms with van der Waals surface area (Å²) in [6, 6.07) is 10.7. The van der Waals surface area contributed by atoms with Crippen LogP contribution in [0.25, 0.3) is 0 Å². The maximum atomic E-state index is 12.9. The van der Waals surface area contributed by atoms with Crippen molar-refractivity contribution in [3.05, 3.63) is 47.5 Å². The lowest BCUT2D eigenvalue weighted by atomic mass is 9.97. The van der Waals surface area contributed by atoms with Gasteiger partial charge in [0.15, 0.2) is 28.8 Å². The minimum Gasteiger partial charge on any atom is -0.493 e. The average Bonchev–Trinajstić information content (AvgIpc) is 2.93. The largest absolute Gasteiger partial charge is 0.493 e. The minimum absolute atomic E-state index is 0.0617.